The highest BCUT2D eigenvalue weighted by molar-refractivity contribution is 6.07. The summed E-state index contributed by atoms with van der Waals surface area (Å²) in [6.07, 6.45) is 5.61. The minimum Gasteiger partial charge on any atom is -0.353 e. The molecule has 0 aliphatic carbocycles. The molecule has 0 radical (unpaired) electrons. The molecule has 3 amide bonds. The quantitative estimate of drug-likeness (QED) is 0.778. The topological polar surface area (TPSA) is 81.7 Å². The van der Waals surface area contributed by atoms with E-state index in [0.29, 0.717) is 13.1 Å². The zero-order valence-corrected chi connectivity index (χ0v) is 16.8. The number of nitrogens with zero attached hydrogens (tertiary/aromatic N) is 5. The number of nitrogens with one attached hydrogen (secondary N) is 1. The highest BCUT2D eigenvalue weighted by Gasteiger charge is 2.51. The third kappa shape index (κ3) is 3.55. The first-order valence-electron chi connectivity index (χ1n) is 9.98. The molecule has 29 heavy (non-hydrogen) atoms. The van der Waals surface area contributed by atoms with Crippen LogP contribution in [0.4, 0.5) is 10.6 Å². The Kier molecular flexibility index (Phi) is 5.19. The number of rotatable bonds is 5. The lowest BCUT2D eigenvalue weighted by molar-refractivity contribution is -0.133. The predicted octanol–water partition coefficient (Wildman–Crippen LogP) is 1.72. The summed E-state index contributed by atoms with van der Waals surface area (Å²) in [5.74, 6) is 0.678. The minimum atomic E-state index is -0.980. The molecule has 2 aliphatic heterocycles. The van der Waals surface area contributed by atoms with Gasteiger partial charge >= 0.3 is 6.03 Å². The van der Waals surface area contributed by atoms with Crippen LogP contribution in [0, 0.1) is 6.92 Å². The molecular weight excluding hydrogens is 368 g/mol. The lowest BCUT2D eigenvalue weighted by atomic mass is 9.87. The highest BCUT2D eigenvalue weighted by atomic mass is 16.2. The van der Waals surface area contributed by atoms with E-state index in [1.807, 2.05) is 38.1 Å². The Bertz CT molecular complexity index is 880. The van der Waals surface area contributed by atoms with Gasteiger partial charge in [0, 0.05) is 38.6 Å². The first-order valence-corrected chi connectivity index (χ1v) is 9.98. The Hall–Kier alpha value is -3.00. The van der Waals surface area contributed by atoms with Gasteiger partial charge in [-0.1, -0.05) is 36.8 Å². The van der Waals surface area contributed by atoms with Gasteiger partial charge in [0.15, 0.2) is 0 Å². The van der Waals surface area contributed by atoms with E-state index in [1.165, 1.54) is 4.90 Å². The average Bonchev–Trinajstić information content (AvgIpc) is 3.00. The Morgan fingerprint density at radius 1 is 1.07 bits per heavy atom. The Morgan fingerprint density at radius 2 is 1.79 bits per heavy atom. The fourth-order valence-electron chi connectivity index (χ4n) is 4.00. The summed E-state index contributed by atoms with van der Waals surface area (Å²) < 4.78 is 0. The highest BCUT2D eigenvalue weighted by Crippen LogP contribution is 2.32. The van der Waals surface area contributed by atoms with Gasteiger partial charge in [-0.15, -0.1) is 0 Å². The van der Waals surface area contributed by atoms with Crippen molar-refractivity contribution in [2.75, 3.05) is 37.7 Å². The third-order valence-corrected chi connectivity index (χ3v) is 5.84. The van der Waals surface area contributed by atoms with E-state index in [-0.39, 0.29) is 11.9 Å². The van der Waals surface area contributed by atoms with Crippen LogP contribution in [0.25, 0.3) is 0 Å². The van der Waals surface area contributed by atoms with Crippen LogP contribution >= 0.6 is 0 Å². The van der Waals surface area contributed by atoms with Crippen molar-refractivity contribution in [3.63, 3.8) is 0 Å². The Labute approximate surface area is 170 Å². The molecular formula is C21H26N6O2. The summed E-state index contributed by atoms with van der Waals surface area (Å²) in [6.45, 7) is 7.28. The van der Waals surface area contributed by atoms with E-state index < -0.39 is 5.54 Å². The van der Waals surface area contributed by atoms with E-state index in [2.05, 4.69) is 25.1 Å². The molecule has 8 heteroatoms. The number of piperazine rings is 1. The second-order valence-corrected chi connectivity index (χ2v) is 7.60. The van der Waals surface area contributed by atoms with Gasteiger partial charge in [-0.3, -0.25) is 14.7 Å². The van der Waals surface area contributed by atoms with Crippen molar-refractivity contribution >= 4 is 17.8 Å². The molecule has 0 bridgehead atoms. The molecule has 2 aliphatic rings. The van der Waals surface area contributed by atoms with Gasteiger partial charge in [0.1, 0.15) is 11.4 Å². The fourth-order valence-corrected chi connectivity index (χ4v) is 4.00. The number of aromatic nitrogens is 2. The third-order valence-electron chi connectivity index (χ3n) is 5.84. The van der Waals surface area contributed by atoms with Crippen LogP contribution in [0.1, 0.15) is 24.5 Å². The van der Waals surface area contributed by atoms with Gasteiger partial charge in [-0.25, -0.2) is 14.7 Å². The molecule has 2 aromatic rings. The van der Waals surface area contributed by atoms with Crippen LogP contribution in [-0.2, 0) is 10.3 Å². The number of carbonyl (C=O) groups is 2. The maximum Gasteiger partial charge on any atom is 0.326 e. The molecule has 3 heterocycles. The van der Waals surface area contributed by atoms with Crippen LogP contribution in [0.5, 0.6) is 0 Å². The summed E-state index contributed by atoms with van der Waals surface area (Å²) >= 11 is 0. The first kappa shape index (κ1) is 19.3. The molecule has 4 rings (SSSR count). The van der Waals surface area contributed by atoms with Crippen molar-refractivity contribution in [1.29, 1.82) is 0 Å². The summed E-state index contributed by atoms with van der Waals surface area (Å²) in [7, 11) is 0. The number of urea groups is 1. The van der Waals surface area contributed by atoms with Gasteiger partial charge < -0.3 is 10.2 Å². The number of amides is 3. The van der Waals surface area contributed by atoms with Crippen molar-refractivity contribution in [2.45, 2.75) is 25.8 Å². The van der Waals surface area contributed by atoms with Gasteiger partial charge in [-0.05, 0) is 18.9 Å². The van der Waals surface area contributed by atoms with Gasteiger partial charge in [0.25, 0.3) is 5.91 Å². The number of aryl methyl sites for hydroxylation is 1. The Morgan fingerprint density at radius 3 is 2.41 bits per heavy atom. The predicted molar refractivity (Wildman–Crippen MR) is 109 cm³/mol. The molecule has 1 N–H and O–H groups in total. The summed E-state index contributed by atoms with van der Waals surface area (Å²) in [4.78, 5) is 40.1. The Balaban J connectivity index is 1.44. The molecule has 152 valence electrons. The second kappa shape index (κ2) is 7.79. The number of hydrogen-bond donors (Lipinski definition) is 1. The van der Waals surface area contributed by atoms with Crippen molar-refractivity contribution < 1.29 is 9.59 Å². The van der Waals surface area contributed by atoms with E-state index >= 15 is 0 Å². The maximum absolute atomic E-state index is 13.3. The molecule has 0 saturated carbocycles. The fraction of sp³-hybridized carbons (Fsp3) is 0.429. The average molecular weight is 394 g/mol. The molecule has 8 nitrogen and oxygen atoms in total. The standard InChI is InChI=1S/C21H26N6O2/c1-3-21(17-6-4-16(2)5-7-17)19(28)27(20(29)24-21)15-25-10-12-26(13-11-25)18-14-22-8-9-23-18/h4-9,14H,3,10-13,15H2,1-2H3,(H,24,29)/t21-/m1/s1. The van der Waals surface area contributed by atoms with Crippen LogP contribution in [0.15, 0.2) is 42.9 Å². The van der Waals surface area contributed by atoms with Crippen molar-refractivity contribution in [2.24, 2.45) is 0 Å². The maximum atomic E-state index is 13.3. The lowest BCUT2D eigenvalue weighted by Crippen LogP contribution is -2.52. The molecule has 1 atom stereocenters. The molecule has 1 aromatic carbocycles. The number of imide groups is 1. The van der Waals surface area contributed by atoms with E-state index in [4.69, 9.17) is 0 Å². The number of hydrogen-bond acceptors (Lipinski definition) is 6. The van der Waals surface area contributed by atoms with Crippen molar-refractivity contribution in [1.82, 2.24) is 25.1 Å². The van der Waals surface area contributed by atoms with Crippen LogP contribution in [0.3, 0.4) is 0 Å². The van der Waals surface area contributed by atoms with Crippen molar-refractivity contribution in [3.8, 4) is 0 Å². The molecule has 2 saturated heterocycles. The zero-order chi connectivity index (χ0) is 20.4. The number of anilines is 1. The van der Waals surface area contributed by atoms with E-state index in [0.717, 1.165) is 43.1 Å². The van der Waals surface area contributed by atoms with Gasteiger partial charge in [0.2, 0.25) is 0 Å². The largest absolute Gasteiger partial charge is 0.353 e. The van der Waals surface area contributed by atoms with Gasteiger partial charge in [-0.2, -0.15) is 0 Å². The molecule has 1 aromatic heterocycles. The lowest BCUT2D eigenvalue weighted by Gasteiger charge is -2.36. The van der Waals surface area contributed by atoms with Crippen LogP contribution < -0.4 is 10.2 Å². The van der Waals surface area contributed by atoms with Crippen LogP contribution in [-0.4, -0.2) is 64.6 Å². The minimum absolute atomic E-state index is 0.176. The first-order chi connectivity index (χ1) is 14.0. The summed E-state index contributed by atoms with van der Waals surface area (Å²) in [5, 5.41) is 2.96. The SMILES string of the molecule is CC[C@]1(c2ccc(C)cc2)NC(=O)N(CN2CCN(c3cnccn3)CC2)C1=O. The monoisotopic (exact) mass is 394 g/mol. The van der Waals surface area contributed by atoms with Gasteiger partial charge in [0.05, 0.1) is 12.9 Å². The zero-order valence-electron chi connectivity index (χ0n) is 16.8. The molecule has 0 spiro atoms. The molecule has 0 unspecified atom stereocenters. The number of carbonyl (C=O) groups excluding carboxylic acids is 2. The van der Waals surface area contributed by atoms with E-state index in [9.17, 15) is 9.59 Å². The summed E-state index contributed by atoms with van der Waals surface area (Å²) in [6, 6.07) is 7.48. The number of benzene rings is 1. The van der Waals surface area contributed by atoms with Crippen LogP contribution in [0.2, 0.25) is 0 Å². The summed E-state index contributed by atoms with van der Waals surface area (Å²) in [5.41, 5.74) is 0.972. The van der Waals surface area contributed by atoms with Crippen molar-refractivity contribution in [3.05, 3.63) is 54.0 Å². The second-order valence-electron chi connectivity index (χ2n) is 7.60. The molecule has 2 fully saturated rings. The normalized spacial score (nSPS) is 22.8. The van der Waals surface area contributed by atoms with E-state index in [1.54, 1.807) is 18.6 Å². The smallest absolute Gasteiger partial charge is 0.326 e.